The molecular weight excluding hydrogens is 264 g/mol. The predicted octanol–water partition coefficient (Wildman–Crippen LogP) is 2.49. The average molecular weight is 284 g/mol. The van der Waals surface area contributed by atoms with Crippen LogP contribution in [0.4, 0.5) is 5.82 Å². The third kappa shape index (κ3) is 3.13. The first-order valence-electron chi connectivity index (χ1n) is 7.32. The number of nitrogens with one attached hydrogen (secondary N) is 2. The van der Waals surface area contributed by atoms with E-state index in [1.54, 1.807) is 0 Å². The minimum atomic E-state index is -0.224. The topological polar surface area (TPSA) is 83.8 Å². The summed E-state index contributed by atoms with van der Waals surface area (Å²) in [6.45, 7) is 2.40. The smallest absolute Gasteiger partial charge is 0.232 e. The Labute approximate surface area is 123 Å². The van der Waals surface area contributed by atoms with Crippen molar-refractivity contribution >= 4 is 11.7 Å². The fourth-order valence-electron chi connectivity index (χ4n) is 2.33. The number of anilines is 1. The molecule has 1 amide bonds. The summed E-state index contributed by atoms with van der Waals surface area (Å²) in [5.41, 5.74) is 8.73. The van der Waals surface area contributed by atoms with E-state index in [1.165, 1.54) is 12.8 Å². The highest BCUT2D eigenvalue weighted by molar-refractivity contribution is 5.94. The number of carbonyl (C=O) groups excluding carboxylic acids is 1. The third-order valence-electron chi connectivity index (χ3n) is 3.97. The molecule has 0 bridgehead atoms. The number of rotatable bonds is 5. The molecule has 0 radical (unpaired) electrons. The predicted molar refractivity (Wildman–Crippen MR) is 81.9 cm³/mol. The number of nitrogens with zero attached hydrogens (tertiary/aromatic N) is 1. The standard InChI is InChI=1S/C16H20N4O/c1-10(12-4-2-11(9-17)3-5-12)16(21)18-15-8-14(19-20-15)13-6-7-13/h2-5,8,10,13H,6-7,9,17H2,1H3,(H2,18,19,20,21). The number of aromatic nitrogens is 2. The molecule has 5 heteroatoms. The number of hydrogen-bond acceptors (Lipinski definition) is 3. The molecule has 1 aliphatic rings. The second kappa shape index (κ2) is 5.69. The molecule has 2 aromatic rings. The van der Waals surface area contributed by atoms with Gasteiger partial charge in [-0.25, -0.2) is 0 Å². The second-order valence-electron chi connectivity index (χ2n) is 5.64. The van der Waals surface area contributed by atoms with Crippen LogP contribution < -0.4 is 11.1 Å². The van der Waals surface area contributed by atoms with Crippen LogP contribution in [0.25, 0.3) is 0 Å². The van der Waals surface area contributed by atoms with Gasteiger partial charge in [0.2, 0.25) is 5.91 Å². The lowest BCUT2D eigenvalue weighted by Crippen LogP contribution is -2.19. The van der Waals surface area contributed by atoms with Crippen LogP contribution in [0.2, 0.25) is 0 Å². The van der Waals surface area contributed by atoms with Crippen LogP contribution in [0, 0.1) is 0 Å². The van der Waals surface area contributed by atoms with Gasteiger partial charge < -0.3 is 11.1 Å². The summed E-state index contributed by atoms with van der Waals surface area (Å²) >= 11 is 0. The molecule has 1 saturated carbocycles. The number of amides is 1. The zero-order valence-corrected chi connectivity index (χ0v) is 12.1. The molecule has 1 heterocycles. The van der Waals surface area contributed by atoms with E-state index in [4.69, 9.17) is 5.73 Å². The van der Waals surface area contributed by atoms with E-state index in [0.717, 1.165) is 16.8 Å². The first-order valence-corrected chi connectivity index (χ1v) is 7.32. The van der Waals surface area contributed by atoms with Crippen molar-refractivity contribution in [2.24, 2.45) is 5.73 Å². The van der Waals surface area contributed by atoms with Gasteiger partial charge in [0.1, 0.15) is 0 Å². The highest BCUT2D eigenvalue weighted by Crippen LogP contribution is 2.39. The van der Waals surface area contributed by atoms with Crippen molar-refractivity contribution in [3.8, 4) is 0 Å². The van der Waals surface area contributed by atoms with Crippen molar-refractivity contribution < 1.29 is 4.79 Å². The van der Waals surface area contributed by atoms with Crippen molar-refractivity contribution in [3.05, 3.63) is 47.2 Å². The maximum atomic E-state index is 12.3. The van der Waals surface area contributed by atoms with E-state index in [2.05, 4.69) is 15.5 Å². The molecule has 5 nitrogen and oxygen atoms in total. The molecule has 1 atom stereocenters. The van der Waals surface area contributed by atoms with Crippen LogP contribution in [-0.4, -0.2) is 16.1 Å². The molecule has 3 rings (SSSR count). The van der Waals surface area contributed by atoms with Gasteiger partial charge in [0, 0.05) is 24.2 Å². The Morgan fingerprint density at radius 3 is 2.76 bits per heavy atom. The van der Waals surface area contributed by atoms with Crippen LogP contribution in [0.1, 0.15) is 48.4 Å². The zero-order valence-electron chi connectivity index (χ0n) is 12.1. The van der Waals surface area contributed by atoms with Crippen LogP contribution in [0.5, 0.6) is 0 Å². The SMILES string of the molecule is CC(C(=O)Nc1cc(C2CC2)[nH]n1)c1ccc(CN)cc1. The highest BCUT2D eigenvalue weighted by Gasteiger charge is 2.26. The quantitative estimate of drug-likeness (QED) is 0.788. The van der Waals surface area contributed by atoms with Crippen molar-refractivity contribution in [2.45, 2.75) is 38.1 Å². The summed E-state index contributed by atoms with van der Waals surface area (Å²) in [6, 6.07) is 9.75. The summed E-state index contributed by atoms with van der Waals surface area (Å²) in [7, 11) is 0. The number of nitrogens with two attached hydrogens (primary N) is 1. The zero-order chi connectivity index (χ0) is 14.8. The first-order chi connectivity index (χ1) is 10.2. The Bertz CT molecular complexity index is 628. The van der Waals surface area contributed by atoms with Gasteiger partial charge in [-0.3, -0.25) is 9.89 Å². The number of carbonyl (C=O) groups is 1. The lowest BCUT2D eigenvalue weighted by molar-refractivity contribution is -0.117. The van der Waals surface area contributed by atoms with Gasteiger partial charge in [-0.05, 0) is 30.9 Å². The lowest BCUT2D eigenvalue weighted by atomic mass is 9.99. The van der Waals surface area contributed by atoms with E-state index in [-0.39, 0.29) is 11.8 Å². The Morgan fingerprint density at radius 1 is 1.43 bits per heavy atom. The molecule has 1 aliphatic carbocycles. The van der Waals surface area contributed by atoms with Gasteiger partial charge in [0.15, 0.2) is 5.82 Å². The fourth-order valence-corrected chi connectivity index (χ4v) is 2.33. The lowest BCUT2D eigenvalue weighted by Gasteiger charge is -2.11. The molecule has 1 aromatic heterocycles. The second-order valence-corrected chi connectivity index (χ2v) is 5.64. The minimum Gasteiger partial charge on any atom is -0.326 e. The van der Waals surface area contributed by atoms with Gasteiger partial charge >= 0.3 is 0 Å². The molecule has 0 spiro atoms. The molecular formula is C16H20N4O. The Hall–Kier alpha value is -2.14. The van der Waals surface area contributed by atoms with Crippen LogP contribution in [0.3, 0.4) is 0 Å². The van der Waals surface area contributed by atoms with Crippen molar-refractivity contribution in [1.82, 2.24) is 10.2 Å². The van der Waals surface area contributed by atoms with E-state index in [0.29, 0.717) is 18.3 Å². The van der Waals surface area contributed by atoms with E-state index >= 15 is 0 Å². The van der Waals surface area contributed by atoms with E-state index in [1.807, 2.05) is 37.3 Å². The summed E-state index contributed by atoms with van der Waals surface area (Å²) in [6.07, 6.45) is 2.42. The van der Waals surface area contributed by atoms with Crippen LogP contribution >= 0.6 is 0 Å². The Morgan fingerprint density at radius 2 is 2.14 bits per heavy atom. The molecule has 0 aliphatic heterocycles. The number of benzene rings is 1. The summed E-state index contributed by atoms with van der Waals surface area (Å²) in [5.74, 6) is 0.930. The van der Waals surface area contributed by atoms with Crippen molar-refractivity contribution in [3.63, 3.8) is 0 Å². The van der Waals surface area contributed by atoms with Gasteiger partial charge in [-0.2, -0.15) is 5.10 Å². The normalized spacial score (nSPS) is 15.7. The summed E-state index contributed by atoms with van der Waals surface area (Å²) < 4.78 is 0. The average Bonchev–Trinajstić information content (AvgIpc) is 3.27. The Kier molecular flexibility index (Phi) is 3.75. The van der Waals surface area contributed by atoms with Gasteiger partial charge in [-0.1, -0.05) is 24.3 Å². The van der Waals surface area contributed by atoms with E-state index in [9.17, 15) is 4.79 Å². The number of hydrogen-bond donors (Lipinski definition) is 3. The van der Waals surface area contributed by atoms with Gasteiger partial charge in [0.25, 0.3) is 0 Å². The fraction of sp³-hybridized carbons (Fsp3) is 0.375. The molecule has 4 N–H and O–H groups in total. The summed E-state index contributed by atoms with van der Waals surface area (Å²) in [4.78, 5) is 12.3. The van der Waals surface area contributed by atoms with E-state index < -0.39 is 0 Å². The maximum Gasteiger partial charge on any atom is 0.232 e. The Balaban J connectivity index is 1.65. The van der Waals surface area contributed by atoms with Crippen molar-refractivity contribution in [1.29, 1.82) is 0 Å². The highest BCUT2D eigenvalue weighted by atomic mass is 16.1. The van der Waals surface area contributed by atoms with Gasteiger partial charge in [-0.15, -0.1) is 0 Å². The monoisotopic (exact) mass is 284 g/mol. The van der Waals surface area contributed by atoms with Crippen LogP contribution in [0.15, 0.2) is 30.3 Å². The molecule has 1 fully saturated rings. The molecule has 0 saturated heterocycles. The first kappa shape index (κ1) is 13.8. The van der Waals surface area contributed by atoms with Crippen molar-refractivity contribution in [2.75, 3.05) is 5.32 Å². The molecule has 110 valence electrons. The molecule has 1 aromatic carbocycles. The minimum absolute atomic E-state index is 0.0515. The number of H-pyrrole nitrogens is 1. The molecule has 1 unspecified atom stereocenters. The maximum absolute atomic E-state index is 12.3. The van der Waals surface area contributed by atoms with Crippen LogP contribution in [-0.2, 0) is 11.3 Å². The largest absolute Gasteiger partial charge is 0.326 e. The number of aromatic amines is 1. The van der Waals surface area contributed by atoms with Gasteiger partial charge in [0.05, 0.1) is 5.92 Å². The third-order valence-corrected chi connectivity index (χ3v) is 3.97. The summed E-state index contributed by atoms with van der Waals surface area (Å²) in [5, 5.41) is 10.0. The molecule has 21 heavy (non-hydrogen) atoms.